The predicted octanol–water partition coefficient (Wildman–Crippen LogP) is 7.78. The summed E-state index contributed by atoms with van der Waals surface area (Å²) in [6, 6.07) is 19.4. The molecule has 3 aliphatic rings. The van der Waals surface area contributed by atoms with Gasteiger partial charge >= 0.3 is 12.3 Å². The summed E-state index contributed by atoms with van der Waals surface area (Å²) in [4.78, 5) is 28.7. The van der Waals surface area contributed by atoms with Crippen LogP contribution in [0.5, 0.6) is 0 Å². The average molecular weight is 534 g/mol. The molecule has 2 bridgehead atoms. The number of ketones is 1. The number of fused-ring (bicyclic) bond motifs is 5. The van der Waals surface area contributed by atoms with Gasteiger partial charge in [-0.05, 0) is 79.0 Å². The fraction of sp³-hybridized carbons (Fsp3) is 0.375. The number of rotatable bonds is 4. The first-order valence-corrected chi connectivity index (χ1v) is 13.6. The topological polar surface area (TPSA) is 46.6 Å². The first-order valence-electron chi connectivity index (χ1n) is 13.6. The fourth-order valence-electron chi connectivity index (χ4n) is 6.85. The highest BCUT2D eigenvalue weighted by molar-refractivity contribution is 5.99. The number of aryl methyl sites for hydroxylation is 1. The number of hydrogen-bond acceptors (Lipinski definition) is 3. The third-order valence-electron chi connectivity index (χ3n) is 8.72. The Kier molecular flexibility index (Phi) is 6.48. The number of piperidine rings is 2. The molecule has 4 nitrogen and oxygen atoms in total. The van der Waals surface area contributed by atoms with E-state index in [1.807, 2.05) is 24.3 Å². The summed E-state index contributed by atoms with van der Waals surface area (Å²) >= 11 is 0. The highest BCUT2D eigenvalue weighted by Gasteiger charge is 2.44. The Labute approximate surface area is 225 Å². The molecule has 2 unspecified atom stereocenters. The summed E-state index contributed by atoms with van der Waals surface area (Å²) in [5.41, 5.74) is 4.47. The second-order valence-electron chi connectivity index (χ2n) is 11.0. The van der Waals surface area contributed by atoms with Gasteiger partial charge in [-0.1, -0.05) is 54.6 Å². The monoisotopic (exact) mass is 533 g/mol. The van der Waals surface area contributed by atoms with Crippen molar-refractivity contribution in [2.45, 2.75) is 63.2 Å². The number of nitrogens with zero attached hydrogens (tertiary/aromatic N) is 1. The van der Waals surface area contributed by atoms with Crippen LogP contribution in [0.4, 0.5) is 18.0 Å². The Hall–Kier alpha value is -3.61. The van der Waals surface area contributed by atoms with Crippen molar-refractivity contribution in [3.8, 4) is 11.1 Å². The van der Waals surface area contributed by atoms with Crippen LogP contribution in [-0.2, 0) is 10.9 Å². The summed E-state index contributed by atoms with van der Waals surface area (Å²) in [7, 11) is 0. The van der Waals surface area contributed by atoms with Crippen LogP contribution >= 0.6 is 0 Å². The summed E-state index contributed by atoms with van der Waals surface area (Å²) < 4.78 is 45.9. The molecule has 2 fully saturated rings. The molecule has 3 aromatic rings. The molecule has 202 valence electrons. The maximum absolute atomic E-state index is 13.4. The lowest BCUT2D eigenvalue weighted by molar-refractivity contribution is -0.137. The first kappa shape index (κ1) is 25.7. The van der Waals surface area contributed by atoms with Crippen molar-refractivity contribution >= 4 is 11.9 Å². The van der Waals surface area contributed by atoms with E-state index in [0.29, 0.717) is 18.4 Å². The van der Waals surface area contributed by atoms with Gasteiger partial charge in [-0.2, -0.15) is 13.2 Å². The van der Waals surface area contributed by atoms with E-state index in [9.17, 15) is 22.8 Å². The number of Topliss-reactive ketones (excluding diaryl/α,β-unsaturated/α-hetero) is 1. The number of carbonyl (C=O) groups is 2. The summed E-state index contributed by atoms with van der Waals surface area (Å²) in [5.74, 6) is -0.716. The van der Waals surface area contributed by atoms with Gasteiger partial charge in [0.1, 0.15) is 6.61 Å². The lowest BCUT2D eigenvalue weighted by Gasteiger charge is -2.47. The summed E-state index contributed by atoms with van der Waals surface area (Å²) in [6.07, 6.45) is -1.53. The molecule has 0 spiro atoms. The van der Waals surface area contributed by atoms with E-state index in [1.165, 1.54) is 6.07 Å². The molecule has 0 aromatic heterocycles. The lowest BCUT2D eigenvalue weighted by atomic mass is 9.75. The molecule has 2 heterocycles. The Morgan fingerprint density at radius 1 is 0.897 bits per heavy atom. The molecule has 0 radical (unpaired) electrons. The predicted molar refractivity (Wildman–Crippen MR) is 142 cm³/mol. The minimum atomic E-state index is -4.51. The zero-order chi connectivity index (χ0) is 27.3. The van der Waals surface area contributed by atoms with E-state index in [2.05, 4.69) is 24.3 Å². The Balaban J connectivity index is 1.17. The highest BCUT2D eigenvalue weighted by Crippen LogP contribution is 2.45. The molecule has 1 aliphatic carbocycles. The van der Waals surface area contributed by atoms with E-state index >= 15 is 0 Å². The molecule has 0 N–H and O–H groups in total. The zero-order valence-corrected chi connectivity index (χ0v) is 21.7. The van der Waals surface area contributed by atoms with Gasteiger partial charge in [0.05, 0.1) is 5.56 Å². The van der Waals surface area contributed by atoms with Crippen molar-refractivity contribution in [3.05, 3.63) is 94.5 Å². The van der Waals surface area contributed by atoms with E-state index in [-0.39, 0.29) is 42.0 Å². The van der Waals surface area contributed by atoms with Crippen LogP contribution in [0.2, 0.25) is 0 Å². The molecule has 39 heavy (non-hydrogen) atoms. The fourth-order valence-corrected chi connectivity index (χ4v) is 6.85. The van der Waals surface area contributed by atoms with Crippen molar-refractivity contribution in [2.75, 3.05) is 6.61 Å². The Morgan fingerprint density at radius 2 is 1.49 bits per heavy atom. The second-order valence-corrected chi connectivity index (χ2v) is 11.0. The number of benzene rings is 3. The number of halogens is 3. The van der Waals surface area contributed by atoms with Crippen molar-refractivity contribution in [3.63, 3.8) is 0 Å². The van der Waals surface area contributed by atoms with Crippen molar-refractivity contribution in [1.82, 2.24) is 4.90 Å². The molecule has 2 aliphatic heterocycles. The smallest absolute Gasteiger partial charge is 0.416 e. The molecule has 2 atom stereocenters. The number of alkyl halides is 3. The van der Waals surface area contributed by atoms with Gasteiger partial charge in [0, 0.05) is 29.5 Å². The van der Waals surface area contributed by atoms with Gasteiger partial charge in [0.25, 0.3) is 0 Å². The van der Waals surface area contributed by atoms with Crippen molar-refractivity contribution < 1.29 is 27.5 Å². The quantitative estimate of drug-likeness (QED) is 0.322. The molecule has 6 rings (SSSR count). The van der Waals surface area contributed by atoms with Crippen LogP contribution in [0, 0.1) is 12.8 Å². The Bertz CT molecular complexity index is 1370. The maximum atomic E-state index is 13.4. The van der Waals surface area contributed by atoms with Gasteiger partial charge in [-0.3, -0.25) is 4.79 Å². The minimum absolute atomic E-state index is 0.0378. The van der Waals surface area contributed by atoms with Crippen LogP contribution in [-0.4, -0.2) is 35.5 Å². The van der Waals surface area contributed by atoms with Crippen molar-refractivity contribution in [2.24, 2.45) is 5.92 Å². The van der Waals surface area contributed by atoms with E-state index < -0.39 is 17.7 Å². The van der Waals surface area contributed by atoms with Gasteiger partial charge < -0.3 is 9.64 Å². The lowest BCUT2D eigenvalue weighted by Crippen LogP contribution is -2.56. The number of hydrogen-bond donors (Lipinski definition) is 0. The highest BCUT2D eigenvalue weighted by atomic mass is 19.4. The third kappa shape index (κ3) is 4.62. The van der Waals surface area contributed by atoms with Gasteiger partial charge in [0.2, 0.25) is 0 Å². The average Bonchev–Trinajstić information content (AvgIpc) is 3.24. The van der Waals surface area contributed by atoms with E-state index in [4.69, 9.17) is 4.74 Å². The van der Waals surface area contributed by atoms with Crippen LogP contribution in [0.3, 0.4) is 0 Å². The molecule has 1 amide bonds. The van der Waals surface area contributed by atoms with Crippen LogP contribution < -0.4 is 0 Å². The standard InChI is InChI=1S/C32H30F3NO3/c1-19-13-14-21(32(33,34)35)17-28(19)30(37)20-15-22-7-6-8-23(16-20)36(22)31(38)39-18-29-26-11-4-2-9-24(26)25-10-3-5-12-27(25)29/h2-5,9-14,17,20,22-23,29H,6-8,15-16,18H2,1H3. The maximum Gasteiger partial charge on any atom is 0.416 e. The Morgan fingerprint density at radius 3 is 2.08 bits per heavy atom. The number of carbonyl (C=O) groups excluding carboxylic acids is 2. The van der Waals surface area contributed by atoms with Gasteiger partial charge in [0.15, 0.2) is 5.78 Å². The number of amides is 1. The third-order valence-corrected chi connectivity index (χ3v) is 8.72. The van der Waals surface area contributed by atoms with Gasteiger partial charge in [-0.15, -0.1) is 0 Å². The minimum Gasteiger partial charge on any atom is -0.448 e. The van der Waals surface area contributed by atoms with E-state index in [1.54, 1.807) is 11.8 Å². The summed E-state index contributed by atoms with van der Waals surface area (Å²) in [5, 5.41) is 0. The van der Waals surface area contributed by atoms with E-state index in [0.717, 1.165) is 53.6 Å². The molecule has 3 aromatic carbocycles. The molecular weight excluding hydrogens is 503 g/mol. The zero-order valence-electron chi connectivity index (χ0n) is 21.7. The van der Waals surface area contributed by atoms with Crippen LogP contribution in [0.15, 0.2) is 66.7 Å². The summed E-state index contributed by atoms with van der Waals surface area (Å²) in [6.45, 7) is 1.90. The normalized spacial score (nSPS) is 22.3. The largest absolute Gasteiger partial charge is 0.448 e. The molecule has 2 saturated heterocycles. The molecular formula is C32H30F3NO3. The van der Waals surface area contributed by atoms with Crippen LogP contribution in [0.25, 0.3) is 11.1 Å². The SMILES string of the molecule is Cc1ccc(C(F)(F)F)cc1C(=O)C1CC2CCCC(C1)N2C(=O)OCC1c2ccccc2-c2ccccc21. The van der Waals surface area contributed by atoms with Gasteiger partial charge in [-0.25, -0.2) is 4.79 Å². The van der Waals surface area contributed by atoms with Crippen molar-refractivity contribution in [1.29, 1.82) is 0 Å². The van der Waals surface area contributed by atoms with Crippen LogP contribution in [0.1, 0.15) is 70.6 Å². The first-order chi connectivity index (χ1) is 18.7. The molecule has 7 heteroatoms. The second kappa shape index (κ2) is 9.85. The number of ether oxygens (including phenoxy) is 1. The molecule has 0 saturated carbocycles.